The molecule has 0 fully saturated rings. The summed E-state index contributed by atoms with van der Waals surface area (Å²) in [6, 6.07) is 12.0. The van der Waals surface area contributed by atoms with E-state index < -0.39 is 12.1 Å². The zero-order valence-corrected chi connectivity index (χ0v) is 14.4. The SMILES string of the molecule is CNC(=O)NC(=O)[C@H](c1ccccc1)N(C)Cc1ccc(Cl)s1. The second kappa shape index (κ2) is 8.10. The van der Waals surface area contributed by atoms with Crippen LogP contribution in [0.15, 0.2) is 42.5 Å². The number of urea groups is 1. The minimum absolute atomic E-state index is 0.374. The number of carbonyl (C=O) groups is 2. The Hall–Kier alpha value is -1.89. The highest BCUT2D eigenvalue weighted by Crippen LogP contribution is 2.26. The first kappa shape index (κ1) is 17.5. The zero-order valence-electron chi connectivity index (χ0n) is 12.9. The maximum atomic E-state index is 12.5. The van der Waals surface area contributed by atoms with Gasteiger partial charge in [0.1, 0.15) is 6.04 Å². The van der Waals surface area contributed by atoms with E-state index in [9.17, 15) is 9.59 Å². The number of rotatable bonds is 5. The van der Waals surface area contributed by atoms with Crippen LogP contribution in [0.2, 0.25) is 4.34 Å². The predicted molar refractivity (Wildman–Crippen MR) is 92.6 cm³/mol. The maximum Gasteiger partial charge on any atom is 0.321 e. The highest BCUT2D eigenvalue weighted by molar-refractivity contribution is 7.16. The van der Waals surface area contributed by atoms with Gasteiger partial charge >= 0.3 is 6.03 Å². The van der Waals surface area contributed by atoms with Crippen LogP contribution in [0, 0.1) is 0 Å². The fourth-order valence-corrected chi connectivity index (χ4v) is 3.41. The van der Waals surface area contributed by atoms with Crippen LogP contribution in [0.4, 0.5) is 4.79 Å². The standard InChI is InChI=1S/C16H18ClN3O2S/c1-18-16(22)19-15(21)14(11-6-4-3-5-7-11)20(2)10-12-8-9-13(17)23-12/h3-9,14H,10H2,1-2H3,(H2,18,19,21,22)/t14-/m0/s1. The van der Waals surface area contributed by atoms with E-state index in [1.807, 2.05) is 54.4 Å². The van der Waals surface area contributed by atoms with Crippen molar-refractivity contribution in [2.75, 3.05) is 14.1 Å². The molecular weight excluding hydrogens is 334 g/mol. The van der Waals surface area contributed by atoms with Gasteiger partial charge in [0.2, 0.25) is 5.91 Å². The molecule has 0 bridgehead atoms. The Bertz CT molecular complexity index is 675. The summed E-state index contributed by atoms with van der Waals surface area (Å²) in [7, 11) is 3.31. The third-order valence-electron chi connectivity index (χ3n) is 3.30. The number of likely N-dealkylation sites (N-methyl/N-ethyl adjacent to an activating group) is 1. The molecule has 0 aliphatic heterocycles. The number of thiophene rings is 1. The lowest BCUT2D eigenvalue weighted by molar-refractivity contribution is -0.125. The third-order valence-corrected chi connectivity index (χ3v) is 4.52. The molecule has 5 nitrogen and oxygen atoms in total. The Morgan fingerprint density at radius 3 is 2.48 bits per heavy atom. The zero-order chi connectivity index (χ0) is 16.8. The molecule has 122 valence electrons. The Balaban J connectivity index is 2.22. The number of nitrogens with one attached hydrogen (secondary N) is 2. The van der Waals surface area contributed by atoms with E-state index in [0.29, 0.717) is 10.9 Å². The number of carbonyl (C=O) groups excluding carboxylic acids is 2. The molecule has 0 aliphatic rings. The van der Waals surface area contributed by atoms with Gasteiger partial charge in [-0.15, -0.1) is 11.3 Å². The molecule has 1 heterocycles. The van der Waals surface area contributed by atoms with Gasteiger partial charge in [-0.05, 0) is 24.7 Å². The first-order valence-electron chi connectivity index (χ1n) is 7.03. The summed E-state index contributed by atoms with van der Waals surface area (Å²) in [5, 5.41) is 4.74. The van der Waals surface area contributed by atoms with E-state index in [2.05, 4.69) is 10.6 Å². The van der Waals surface area contributed by atoms with E-state index in [-0.39, 0.29) is 5.91 Å². The average Bonchev–Trinajstić information content (AvgIpc) is 2.93. The predicted octanol–water partition coefficient (Wildman–Crippen LogP) is 3.03. The summed E-state index contributed by atoms with van der Waals surface area (Å²) in [6.07, 6.45) is 0. The lowest BCUT2D eigenvalue weighted by Gasteiger charge is -2.26. The lowest BCUT2D eigenvalue weighted by Crippen LogP contribution is -2.44. The van der Waals surface area contributed by atoms with Gasteiger partial charge in [0.05, 0.1) is 4.34 Å². The van der Waals surface area contributed by atoms with Crippen LogP contribution in [0.3, 0.4) is 0 Å². The summed E-state index contributed by atoms with van der Waals surface area (Å²) in [5.41, 5.74) is 0.819. The van der Waals surface area contributed by atoms with Crippen molar-refractivity contribution in [1.82, 2.24) is 15.5 Å². The largest absolute Gasteiger partial charge is 0.341 e. The monoisotopic (exact) mass is 351 g/mol. The molecule has 2 rings (SSSR count). The van der Waals surface area contributed by atoms with E-state index in [0.717, 1.165) is 10.4 Å². The molecule has 0 saturated heterocycles. The van der Waals surface area contributed by atoms with E-state index in [4.69, 9.17) is 11.6 Å². The molecule has 1 aromatic carbocycles. The highest BCUT2D eigenvalue weighted by atomic mass is 35.5. The molecule has 0 spiro atoms. The third kappa shape index (κ3) is 4.79. The molecule has 2 N–H and O–H groups in total. The Morgan fingerprint density at radius 2 is 1.91 bits per heavy atom. The minimum atomic E-state index is -0.575. The maximum absolute atomic E-state index is 12.5. The van der Waals surface area contributed by atoms with Gasteiger partial charge in [0.15, 0.2) is 0 Å². The normalized spacial score (nSPS) is 12.0. The van der Waals surface area contributed by atoms with Crippen molar-refractivity contribution in [2.24, 2.45) is 0 Å². The second-order valence-corrected chi connectivity index (χ2v) is 6.80. The van der Waals surface area contributed by atoms with Crippen LogP contribution in [-0.2, 0) is 11.3 Å². The minimum Gasteiger partial charge on any atom is -0.341 e. The second-order valence-electron chi connectivity index (χ2n) is 5.00. The molecule has 1 aromatic heterocycles. The molecule has 0 aliphatic carbocycles. The molecule has 7 heteroatoms. The van der Waals surface area contributed by atoms with Gasteiger partial charge in [-0.3, -0.25) is 15.0 Å². The fraction of sp³-hybridized carbons (Fsp3) is 0.250. The summed E-state index contributed by atoms with van der Waals surface area (Å²) >= 11 is 7.43. The molecule has 2 aromatic rings. The van der Waals surface area contributed by atoms with Crippen molar-refractivity contribution >= 4 is 34.9 Å². The molecule has 3 amide bonds. The molecule has 0 unspecified atom stereocenters. The number of benzene rings is 1. The van der Waals surface area contributed by atoms with Gasteiger partial charge < -0.3 is 5.32 Å². The number of halogens is 1. The highest BCUT2D eigenvalue weighted by Gasteiger charge is 2.26. The summed E-state index contributed by atoms with van der Waals surface area (Å²) in [4.78, 5) is 26.9. The summed E-state index contributed by atoms with van der Waals surface area (Å²) in [6.45, 7) is 0.554. The van der Waals surface area contributed by atoms with Crippen LogP contribution in [0.5, 0.6) is 0 Å². The smallest absolute Gasteiger partial charge is 0.321 e. The van der Waals surface area contributed by atoms with Crippen LogP contribution in [-0.4, -0.2) is 30.9 Å². The quantitative estimate of drug-likeness (QED) is 0.870. The molecule has 0 radical (unpaired) electrons. The Kier molecular flexibility index (Phi) is 6.15. The van der Waals surface area contributed by atoms with Gasteiger partial charge in [-0.2, -0.15) is 0 Å². The van der Waals surface area contributed by atoms with Crippen molar-refractivity contribution < 1.29 is 9.59 Å². The number of hydrogen-bond acceptors (Lipinski definition) is 4. The van der Waals surface area contributed by atoms with Gasteiger partial charge in [0, 0.05) is 18.5 Å². The van der Waals surface area contributed by atoms with Gasteiger partial charge in [-0.25, -0.2) is 4.79 Å². The first-order valence-corrected chi connectivity index (χ1v) is 8.22. The van der Waals surface area contributed by atoms with Gasteiger partial charge in [-0.1, -0.05) is 41.9 Å². The first-order chi connectivity index (χ1) is 11.0. The average molecular weight is 352 g/mol. The summed E-state index contributed by atoms with van der Waals surface area (Å²) in [5.74, 6) is -0.374. The molecular formula is C16H18ClN3O2S. The number of nitrogens with zero attached hydrogens (tertiary/aromatic N) is 1. The molecule has 0 saturated carbocycles. The number of imide groups is 1. The van der Waals surface area contributed by atoms with Crippen LogP contribution in [0.25, 0.3) is 0 Å². The van der Waals surface area contributed by atoms with Crippen molar-refractivity contribution in [2.45, 2.75) is 12.6 Å². The Labute approximate surface area is 144 Å². The Morgan fingerprint density at radius 1 is 1.22 bits per heavy atom. The van der Waals surface area contributed by atoms with E-state index in [1.54, 1.807) is 0 Å². The van der Waals surface area contributed by atoms with Crippen molar-refractivity contribution in [3.8, 4) is 0 Å². The van der Waals surface area contributed by atoms with Crippen LogP contribution in [0.1, 0.15) is 16.5 Å². The van der Waals surface area contributed by atoms with Crippen molar-refractivity contribution in [1.29, 1.82) is 0 Å². The molecule has 1 atom stereocenters. The van der Waals surface area contributed by atoms with E-state index in [1.165, 1.54) is 18.4 Å². The number of amides is 3. The van der Waals surface area contributed by atoms with Crippen LogP contribution >= 0.6 is 22.9 Å². The van der Waals surface area contributed by atoms with Crippen LogP contribution < -0.4 is 10.6 Å². The number of hydrogen-bond donors (Lipinski definition) is 2. The van der Waals surface area contributed by atoms with Crippen molar-refractivity contribution in [3.05, 3.63) is 57.2 Å². The van der Waals surface area contributed by atoms with Gasteiger partial charge in [0.25, 0.3) is 0 Å². The topological polar surface area (TPSA) is 61.4 Å². The lowest BCUT2D eigenvalue weighted by atomic mass is 10.0. The van der Waals surface area contributed by atoms with Crippen molar-refractivity contribution in [3.63, 3.8) is 0 Å². The fourth-order valence-electron chi connectivity index (χ4n) is 2.26. The summed E-state index contributed by atoms with van der Waals surface area (Å²) < 4.78 is 0.708. The van der Waals surface area contributed by atoms with E-state index >= 15 is 0 Å². The molecule has 23 heavy (non-hydrogen) atoms.